The van der Waals surface area contributed by atoms with Gasteiger partial charge in [0.05, 0.1) is 11.4 Å². The summed E-state index contributed by atoms with van der Waals surface area (Å²) in [4.78, 5) is 4.58. The number of rotatable bonds is 2. The minimum Gasteiger partial charge on any atom is -0.255 e. The van der Waals surface area contributed by atoms with Gasteiger partial charge in [-0.05, 0) is 42.3 Å². The zero-order chi connectivity index (χ0) is 14.7. The van der Waals surface area contributed by atoms with Crippen molar-refractivity contribution in [3.63, 3.8) is 0 Å². The first-order chi connectivity index (χ1) is 10.2. The van der Waals surface area contributed by atoms with Gasteiger partial charge in [-0.15, -0.1) is 0 Å². The number of hydrogen-bond donors (Lipinski definition) is 1. The summed E-state index contributed by atoms with van der Waals surface area (Å²) in [7, 11) is 0. The predicted molar refractivity (Wildman–Crippen MR) is 94.5 cm³/mol. The molecule has 21 heavy (non-hydrogen) atoms. The largest absolute Gasteiger partial charge is 0.255 e. The summed E-state index contributed by atoms with van der Waals surface area (Å²) >= 11 is 5.15. The maximum absolute atomic E-state index is 4.58. The fraction of sp³-hybridized carbons (Fsp3) is 0.125. The van der Waals surface area contributed by atoms with Gasteiger partial charge in [-0.3, -0.25) is 5.43 Å². The predicted octanol–water partition coefficient (Wildman–Crippen LogP) is 4.49. The van der Waals surface area contributed by atoms with Crippen LogP contribution in [0.5, 0.6) is 0 Å². The number of aliphatic imine (C=N–C) groups is 1. The molecule has 1 heterocycles. The second-order valence-electron chi connectivity index (χ2n) is 4.73. The fourth-order valence-corrected chi connectivity index (χ4v) is 3.19. The van der Waals surface area contributed by atoms with E-state index in [1.54, 1.807) is 11.8 Å². The Kier molecular flexibility index (Phi) is 4.41. The summed E-state index contributed by atoms with van der Waals surface area (Å²) in [5, 5.41) is 5.27. The Labute approximate surface area is 136 Å². The summed E-state index contributed by atoms with van der Waals surface area (Å²) in [6.45, 7) is 2.06. The van der Waals surface area contributed by atoms with Gasteiger partial charge >= 0.3 is 0 Å². The van der Waals surface area contributed by atoms with E-state index in [9.17, 15) is 0 Å². The molecule has 106 valence electrons. The van der Waals surface area contributed by atoms with Gasteiger partial charge in [0.1, 0.15) is 0 Å². The fourth-order valence-electron chi connectivity index (χ4n) is 2.00. The van der Waals surface area contributed by atoms with Crippen LogP contribution >= 0.6 is 27.7 Å². The van der Waals surface area contributed by atoms with Gasteiger partial charge in [0, 0.05) is 10.2 Å². The molecule has 0 bridgehead atoms. The van der Waals surface area contributed by atoms with Gasteiger partial charge in [0.25, 0.3) is 0 Å². The summed E-state index contributed by atoms with van der Waals surface area (Å²) in [5.74, 6) is 0.814. The Bertz CT molecular complexity index is 725. The van der Waals surface area contributed by atoms with Crippen LogP contribution in [0.3, 0.4) is 0 Å². The maximum atomic E-state index is 4.58. The molecule has 0 aliphatic carbocycles. The van der Waals surface area contributed by atoms with E-state index in [0.29, 0.717) is 0 Å². The Hall–Kier alpha value is -1.59. The second kappa shape index (κ2) is 6.45. The number of aryl methyl sites for hydroxylation is 1. The molecular weight excluding hydrogens is 346 g/mol. The smallest absolute Gasteiger partial charge is 0.182 e. The first-order valence-corrected chi connectivity index (χ1v) is 8.35. The molecule has 0 radical (unpaired) electrons. The zero-order valence-corrected chi connectivity index (χ0v) is 13.9. The minimum atomic E-state index is 0.814. The minimum absolute atomic E-state index is 0.814. The Morgan fingerprint density at radius 2 is 2.05 bits per heavy atom. The van der Waals surface area contributed by atoms with E-state index in [0.717, 1.165) is 32.4 Å². The van der Waals surface area contributed by atoms with Gasteiger partial charge < -0.3 is 0 Å². The van der Waals surface area contributed by atoms with Crippen molar-refractivity contribution in [2.45, 2.75) is 6.92 Å². The lowest BCUT2D eigenvalue weighted by Gasteiger charge is -2.15. The third kappa shape index (κ3) is 3.74. The molecular formula is C16H14BrN3S. The highest BCUT2D eigenvalue weighted by atomic mass is 79.9. The first-order valence-electron chi connectivity index (χ1n) is 6.57. The molecule has 5 heteroatoms. The van der Waals surface area contributed by atoms with E-state index in [1.165, 1.54) is 5.56 Å². The number of hydrogen-bond acceptors (Lipinski definition) is 3. The number of halogens is 1. The van der Waals surface area contributed by atoms with E-state index < -0.39 is 0 Å². The second-order valence-corrected chi connectivity index (χ2v) is 6.61. The van der Waals surface area contributed by atoms with E-state index >= 15 is 0 Å². The molecule has 1 aliphatic rings. The average Bonchev–Trinajstić information content (AvgIpc) is 2.48. The van der Waals surface area contributed by atoms with Gasteiger partial charge in [-0.2, -0.15) is 5.10 Å². The monoisotopic (exact) mass is 359 g/mol. The molecule has 0 spiro atoms. The summed E-state index contributed by atoms with van der Waals surface area (Å²) in [6, 6.07) is 16.3. The van der Waals surface area contributed by atoms with Crippen molar-refractivity contribution < 1.29 is 0 Å². The van der Waals surface area contributed by atoms with Crippen LogP contribution in [0.4, 0.5) is 5.69 Å². The van der Waals surface area contributed by atoms with Gasteiger partial charge in [0.2, 0.25) is 0 Å². The lowest BCUT2D eigenvalue weighted by Crippen LogP contribution is -2.25. The quantitative estimate of drug-likeness (QED) is 0.857. The van der Waals surface area contributed by atoms with Gasteiger partial charge in [0.15, 0.2) is 5.17 Å². The molecule has 2 aromatic rings. The number of nitrogens with zero attached hydrogens (tertiary/aromatic N) is 2. The van der Waals surface area contributed by atoms with Crippen LogP contribution in [0.1, 0.15) is 11.1 Å². The van der Waals surface area contributed by atoms with Crippen LogP contribution in [0, 0.1) is 6.92 Å². The normalized spacial score (nSPS) is 16.5. The summed E-state index contributed by atoms with van der Waals surface area (Å²) in [6.07, 6.45) is 0. The van der Waals surface area contributed by atoms with Crippen LogP contribution in [0.15, 0.2) is 63.1 Å². The molecule has 3 nitrogen and oxygen atoms in total. The number of nitrogens with one attached hydrogen (secondary N) is 1. The molecule has 2 aromatic carbocycles. The Morgan fingerprint density at radius 1 is 1.19 bits per heavy atom. The highest BCUT2D eigenvalue weighted by molar-refractivity contribution is 9.10. The van der Waals surface area contributed by atoms with Crippen LogP contribution in [0.2, 0.25) is 0 Å². The average molecular weight is 360 g/mol. The molecule has 0 unspecified atom stereocenters. The van der Waals surface area contributed by atoms with Crippen molar-refractivity contribution in [1.82, 2.24) is 5.43 Å². The van der Waals surface area contributed by atoms with Crippen LogP contribution < -0.4 is 5.43 Å². The molecule has 0 atom stereocenters. The Balaban J connectivity index is 1.77. The number of benzene rings is 2. The molecule has 3 rings (SSSR count). The van der Waals surface area contributed by atoms with Crippen LogP contribution in [0.25, 0.3) is 0 Å². The lowest BCUT2D eigenvalue weighted by molar-refractivity contribution is 1.03. The maximum Gasteiger partial charge on any atom is 0.182 e. The molecule has 0 amide bonds. The molecule has 1 aliphatic heterocycles. The van der Waals surface area contributed by atoms with E-state index in [4.69, 9.17) is 0 Å². The number of thioether (sulfide) groups is 1. The zero-order valence-electron chi connectivity index (χ0n) is 11.5. The SMILES string of the molecule is Cc1cccc(N=C2NN=C(c3cccc(Br)c3)CS2)c1. The number of hydrazone groups is 1. The van der Waals surface area contributed by atoms with Crippen LogP contribution in [-0.4, -0.2) is 16.6 Å². The third-order valence-corrected chi connectivity index (χ3v) is 4.39. The van der Waals surface area contributed by atoms with E-state index in [1.807, 2.05) is 24.3 Å². The molecule has 0 fully saturated rings. The van der Waals surface area contributed by atoms with Gasteiger partial charge in [-0.25, -0.2) is 4.99 Å². The van der Waals surface area contributed by atoms with E-state index in [2.05, 4.69) is 62.6 Å². The topological polar surface area (TPSA) is 36.8 Å². The van der Waals surface area contributed by atoms with Crippen molar-refractivity contribution in [1.29, 1.82) is 0 Å². The molecule has 0 saturated heterocycles. The van der Waals surface area contributed by atoms with Crippen molar-refractivity contribution in [3.8, 4) is 0 Å². The summed E-state index contributed by atoms with van der Waals surface area (Å²) < 4.78 is 1.06. The molecule has 0 saturated carbocycles. The van der Waals surface area contributed by atoms with Crippen LogP contribution in [-0.2, 0) is 0 Å². The molecule has 1 N–H and O–H groups in total. The van der Waals surface area contributed by atoms with Gasteiger partial charge in [-0.1, -0.05) is 52.0 Å². The van der Waals surface area contributed by atoms with E-state index in [-0.39, 0.29) is 0 Å². The number of amidine groups is 1. The first kappa shape index (κ1) is 14.4. The lowest BCUT2D eigenvalue weighted by atomic mass is 10.1. The van der Waals surface area contributed by atoms with Crippen molar-refractivity contribution in [2.75, 3.05) is 5.75 Å². The standard InChI is InChI=1S/C16H14BrN3S/c1-11-4-2-7-14(8-11)18-16-20-19-15(10-21-16)12-5-3-6-13(17)9-12/h2-9H,10H2,1H3,(H,18,20). The molecule has 0 aromatic heterocycles. The summed E-state index contributed by atoms with van der Waals surface area (Å²) in [5.41, 5.74) is 7.35. The Morgan fingerprint density at radius 3 is 2.76 bits per heavy atom. The van der Waals surface area contributed by atoms with Crippen molar-refractivity contribution in [2.24, 2.45) is 10.1 Å². The highest BCUT2D eigenvalue weighted by Crippen LogP contribution is 2.20. The van der Waals surface area contributed by atoms with Crippen molar-refractivity contribution in [3.05, 3.63) is 64.1 Å². The van der Waals surface area contributed by atoms with Crippen molar-refractivity contribution >= 4 is 44.3 Å². The highest BCUT2D eigenvalue weighted by Gasteiger charge is 2.13. The third-order valence-electron chi connectivity index (χ3n) is 3.02.